The first-order chi connectivity index (χ1) is 12.7. The molecule has 0 unspecified atom stereocenters. The Kier molecular flexibility index (Phi) is 5.13. The summed E-state index contributed by atoms with van der Waals surface area (Å²) in [5.41, 5.74) is -0.698. The monoisotopic (exact) mass is 402 g/mol. The molecule has 1 saturated heterocycles. The van der Waals surface area contributed by atoms with Crippen LogP contribution < -0.4 is 15.5 Å². The van der Waals surface area contributed by atoms with Gasteiger partial charge in [-0.15, -0.1) is 11.3 Å². The second kappa shape index (κ2) is 7.22. The van der Waals surface area contributed by atoms with Crippen LogP contribution in [0.5, 0.6) is 0 Å². The zero-order valence-electron chi connectivity index (χ0n) is 14.3. The molecule has 3 rings (SSSR count). The largest absolute Gasteiger partial charge is 0.465 e. The predicted octanol–water partition coefficient (Wildman–Crippen LogP) is 2.91. The summed E-state index contributed by atoms with van der Waals surface area (Å²) in [6.07, 6.45) is -4.79. The van der Waals surface area contributed by atoms with Crippen LogP contribution in [0.4, 0.5) is 23.8 Å². The number of anilines is 1. The number of carbonyl (C=O) groups is 2. The Hall–Kier alpha value is -2.56. The van der Waals surface area contributed by atoms with E-state index in [0.29, 0.717) is 25.9 Å². The molecule has 0 radical (unpaired) electrons. The molecule has 0 saturated carbocycles. The van der Waals surface area contributed by atoms with Gasteiger partial charge in [0, 0.05) is 31.6 Å². The standard InChI is InChI=1S/C16H17F3N4O3S/c1-20-14(24)9-7-27-13-10(16(17,18)19)6-11(22-12(9)13)23-4-2-8(3-5-23)21-15(25)26/h6-8,21H,2-5H2,1H3,(H,20,24)(H,25,26). The maximum Gasteiger partial charge on any atom is 0.417 e. The SMILES string of the molecule is CNC(=O)c1csc2c(C(F)(F)F)cc(N3CCC(NC(=O)O)CC3)nc12. The van der Waals surface area contributed by atoms with Crippen molar-refractivity contribution in [2.24, 2.45) is 0 Å². The van der Waals surface area contributed by atoms with E-state index in [0.717, 1.165) is 17.4 Å². The van der Waals surface area contributed by atoms with Crippen molar-refractivity contribution in [3.8, 4) is 0 Å². The van der Waals surface area contributed by atoms with Crippen molar-refractivity contribution < 1.29 is 27.9 Å². The zero-order valence-corrected chi connectivity index (χ0v) is 15.1. The number of pyridine rings is 1. The van der Waals surface area contributed by atoms with Crippen LogP contribution in [0.1, 0.15) is 28.8 Å². The quantitative estimate of drug-likeness (QED) is 0.734. The highest BCUT2D eigenvalue weighted by Crippen LogP contribution is 2.40. The van der Waals surface area contributed by atoms with Crippen molar-refractivity contribution in [1.29, 1.82) is 0 Å². The van der Waals surface area contributed by atoms with Gasteiger partial charge in [-0.1, -0.05) is 0 Å². The summed E-state index contributed by atoms with van der Waals surface area (Å²) in [7, 11) is 1.40. The van der Waals surface area contributed by atoms with E-state index >= 15 is 0 Å². The van der Waals surface area contributed by atoms with Crippen molar-refractivity contribution in [1.82, 2.24) is 15.6 Å². The summed E-state index contributed by atoms with van der Waals surface area (Å²) < 4.78 is 40.6. The molecule has 1 aliphatic rings. The van der Waals surface area contributed by atoms with Crippen molar-refractivity contribution in [2.45, 2.75) is 25.1 Å². The number of aromatic nitrogens is 1. The number of fused-ring (bicyclic) bond motifs is 1. The molecule has 0 bridgehead atoms. The molecule has 0 atom stereocenters. The van der Waals surface area contributed by atoms with Crippen molar-refractivity contribution in [2.75, 3.05) is 25.0 Å². The van der Waals surface area contributed by atoms with E-state index in [1.807, 2.05) is 0 Å². The summed E-state index contributed by atoms with van der Waals surface area (Å²) in [4.78, 5) is 28.7. The lowest BCUT2D eigenvalue weighted by molar-refractivity contribution is -0.136. The molecule has 1 aliphatic heterocycles. The number of hydrogen-bond acceptors (Lipinski definition) is 5. The maximum atomic E-state index is 13.5. The maximum absolute atomic E-state index is 13.5. The fraction of sp³-hybridized carbons (Fsp3) is 0.438. The number of halogens is 3. The topological polar surface area (TPSA) is 94.6 Å². The molecule has 27 heavy (non-hydrogen) atoms. The second-order valence-corrected chi connectivity index (χ2v) is 7.02. The highest BCUT2D eigenvalue weighted by Gasteiger charge is 2.36. The fourth-order valence-electron chi connectivity index (χ4n) is 3.09. The van der Waals surface area contributed by atoms with Gasteiger partial charge in [0.15, 0.2) is 0 Å². The van der Waals surface area contributed by atoms with Crippen LogP contribution in [-0.2, 0) is 6.18 Å². The first kappa shape index (κ1) is 19.2. The average molecular weight is 402 g/mol. The van der Waals surface area contributed by atoms with Crippen LogP contribution >= 0.6 is 11.3 Å². The second-order valence-electron chi connectivity index (χ2n) is 6.14. The van der Waals surface area contributed by atoms with Crippen LogP contribution in [0, 0.1) is 0 Å². The van der Waals surface area contributed by atoms with E-state index in [-0.39, 0.29) is 27.6 Å². The summed E-state index contributed by atoms with van der Waals surface area (Å²) in [5.74, 6) is -0.365. The van der Waals surface area contributed by atoms with Crippen LogP contribution in [0.15, 0.2) is 11.4 Å². The van der Waals surface area contributed by atoms with Crippen LogP contribution in [0.25, 0.3) is 10.2 Å². The molecule has 7 nitrogen and oxygen atoms in total. The van der Waals surface area contributed by atoms with Gasteiger partial charge in [0.2, 0.25) is 0 Å². The summed E-state index contributed by atoms with van der Waals surface area (Å²) in [6, 6.07) is 0.754. The highest BCUT2D eigenvalue weighted by molar-refractivity contribution is 7.17. The van der Waals surface area contributed by atoms with Crippen molar-refractivity contribution >= 4 is 39.4 Å². The molecule has 146 valence electrons. The number of rotatable bonds is 3. The highest BCUT2D eigenvalue weighted by atomic mass is 32.1. The molecule has 2 aromatic rings. The average Bonchev–Trinajstić information content (AvgIpc) is 3.03. The minimum absolute atomic E-state index is 0.0231. The Morgan fingerprint density at radius 1 is 1.33 bits per heavy atom. The minimum Gasteiger partial charge on any atom is -0.465 e. The molecule has 3 N–H and O–H groups in total. The number of nitrogens with one attached hydrogen (secondary N) is 2. The first-order valence-electron chi connectivity index (χ1n) is 8.16. The summed E-state index contributed by atoms with van der Waals surface area (Å²) in [5, 5.41) is 14.9. The van der Waals surface area contributed by atoms with E-state index in [1.165, 1.54) is 12.4 Å². The summed E-state index contributed by atoms with van der Waals surface area (Å²) in [6.45, 7) is 0.723. The molecular formula is C16H17F3N4O3S. The zero-order chi connectivity index (χ0) is 19.8. The van der Waals surface area contributed by atoms with Gasteiger partial charge < -0.3 is 20.6 Å². The number of piperidine rings is 1. The molecule has 3 heterocycles. The third kappa shape index (κ3) is 3.92. The van der Waals surface area contributed by atoms with Crippen molar-refractivity contribution in [3.05, 3.63) is 22.6 Å². The van der Waals surface area contributed by atoms with Gasteiger partial charge in [-0.05, 0) is 18.9 Å². The molecule has 2 amide bonds. The van der Waals surface area contributed by atoms with E-state index in [1.54, 1.807) is 4.90 Å². The third-order valence-corrected chi connectivity index (χ3v) is 5.44. The Morgan fingerprint density at radius 3 is 2.56 bits per heavy atom. The third-order valence-electron chi connectivity index (χ3n) is 4.43. The predicted molar refractivity (Wildman–Crippen MR) is 94.4 cm³/mol. The molecule has 0 spiro atoms. The molecule has 11 heteroatoms. The van der Waals surface area contributed by atoms with Gasteiger partial charge in [-0.3, -0.25) is 4.79 Å². The van der Waals surface area contributed by atoms with E-state index < -0.39 is 23.7 Å². The van der Waals surface area contributed by atoms with Crippen LogP contribution in [0.2, 0.25) is 0 Å². The Morgan fingerprint density at radius 2 is 2.00 bits per heavy atom. The number of carbonyl (C=O) groups excluding carboxylic acids is 1. The van der Waals surface area contributed by atoms with Gasteiger partial charge in [0.1, 0.15) is 5.82 Å². The lowest BCUT2D eigenvalue weighted by atomic mass is 10.0. The Bertz CT molecular complexity index is 876. The Balaban J connectivity index is 1.98. The number of amides is 2. The molecular weight excluding hydrogens is 385 g/mol. The number of thiophene rings is 1. The van der Waals surface area contributed by atoms with Gasteiger partial charge in [-0.25, -0.2) is 9.78 Å². The number of carboxylic acid groups (broad SMARTS) is 1. The molecule has 2 aromatic heterocycles. The normalized spacial score (nSPS) is 15.8. The number of nitrogens with zero attached hydrogens (tertiary/aromatic N) is 2. The van der Waals surface area contributed by atoms with E-state index in [9.17, 15) is 22.8 Å². The number of alkyl halides is 3. The van der Waals surface area contributed by atoms with Crippen LogP contribution in [0.3, 0.4) is 0 Å². The molecule has 0 aliphatic carbocycles. The fourth-order valence-corrected chi connectivity index (χ4v) is 4.11. The van der Waals surface area contributed by atoms with Gasteiger partial charge >= 0.3 is 12.3 Å². The lowest BCUT2D eigenvalue weighted by Crippen LogP contribution is -2.44. The molecule has 1 fully saturated rings. The van der Waals surface area contributed by atoms with Gasteiger partial charge in [0.25, 0.3) is 5.91 Å². The first-order valence-corrected chi connectivity index (χ1v) is 9.04. The smallest absolute Gasteiger partial charge is 0.417 e. The van der Waals surface area contributed by atoms with Gasteiger partial charge in [-0.2, -0.15) is 13.2 Å². The van der Waals surface area contributed by atoms with Crippen LogP contribution in [-0.4, -0.2) is 48.3 Å². The molecule has 0 aromatic carbocycles. The van der Waals surface area contributed by atoms with E-state index in [2.05, 4.69) is 15.6 Å². The summed E-state index contributed by atoms with van der Waals surface area (Å²) >= 11 is 0.837. The van der Waals surface area contributed by atoms with E-state index in [4.69, 9.17) is 5.11 Å². The minimum atomic E-state index is -4.58. The Labute approximate surface area is 156 Å². The lowest BCUT2D eigenvalue weighted by Gasteiger charge is -2.33. The van der Waals surface area contributed by atoms with Gasteiger partial charge in [0.05, 0.1) is 21.3 Å². The van der Waals surface area contributed by atoms with Crippen molar-refractivity contribution in [3.63, 3.8) is 0 Å². The number of hydrogen-bond donors (Lipinski definition) is 3.